The Morgan fingerprint density at radius 1 is 0.747 bits per heavy atom. The summed E-state index contributed by atoms with van der Waals surface area (Å²) in [6, 6.07) is 21.4. The van der Waals surface area contributed by atoms with Crippen molar-refractivity contribution in [2.75, 3.05) is 105 Å². The van der Waals surface area contributed by atoms with Gasteiger partial charge in [0.15, 0.2) is 11.6 Å². The van der Waals surface area contributed by atoms with Crippen molar-refractivity contribution >= 4 is 35.1 Å². The van der Waals surface area contributed by atoms with Gasteiger partial charge in [0.2, 0.25) is 0 Å². The molecule has 2 aromatic carbocycles. The molecule has 10 rings (SSSR count). The van der Waals surface area contributed by atoms with E-state index in [1.165, 1.54) is 21.1 Å². The largest absolute Gasteiger partial charge is 0.377 e. The summed E-state index contributed by atoms with van der Waals surface area (Å²) in [6.45, 7) is 19.6. The summed E-state index contributed by atoms with van der Waals surface area (Å²) in [7, 11) is 0. The average Bonchev–Trinajstić information content (AvgIpc) is 3.44. The second-order valence-corrected chi connectivity index (χ2v) is 20.3. The first-order valence-electron chi connectivity index (χ1n) is 27.0. The van der Waals surface area contributed by atoms with Crippen LogP contribution in [0.15, 0.2) is 73.1 Å². The number of morpholine rings is 2. The predicted octanol–water partition coefficient (Wildman–Crippen LogP) is 6.75. The number of benzene rings is 2. The molecule has 4 amide bonds. The molecule has 2 N–H and O–H groups in total. The number of ether oxygens (including phenoxy) is 2. The van der Waals surface area contributed by atoms with Gasteiger partial charge in [0.25, 0.3) is 0 Å². The van der Waals surface area contributed by atoms with E-state index in [0.717, 1.165) is 118 Å². The van der Waals surface area contributed by atoms with Crippen LogP contribution in [0.3, 0.4) is 0 Å². The molecular weight excluding hydrogens is 947 g/mol. The van der Waals surface area contributed by atoms with Crippen molar-refractivity contribution in [3.63, 3.8) is 0 Å². The number of fused-ring (bicyclic) bond motifs is 2. The Labute approximate surface area is 440 Å². The fraction of sp³-hybridized carbons (Fsp3) is 0.500. The number of carbonyl (C=O) groups excluding carboxylic acids is 2. The van der Waals surface area contributed by atoms with Gasteiger partial charge in [-0.15, -0.1) is 0 Å². The first-order valence-corrected chi connectivity index (χ1v) is 27.0. The SMILES string of the molecule is CCNC(=O)N(c1ccc(-c2nc3c(c(N4CCOCC4C)n2)CCN(CCC#N)C3)cc1)N(CC)C(=O)Nc1ccc(-c2nc3c(c(N4CCOCC4C)n2)CCN(C2CCN(Cc4cccnc4)CC2)C3)cc1. The van der Waals surface area contributed by atoms with E-state index in [1.807, 2.05) is 80.8 Å². The van der Waals surface area contributed by atoms with E-state index >= 15 is 0 Å². The zero-order valence-electron chi connectivity index (χ0n) is 44.0. The summed E-state index contributed by atoms with van der Waals surface area (Å²) in [4.78, 5) is 65.6. The summed E-state index contributed by atoms with van der Waals surface area (Å²) in [5, 5.41) is 18.0. The lowest BCUT2D eigenvalue weighted by Gasteiger charge is -2.42. The van der Waals surface area contributed by atoms with Gasteiger partial charge in [-0.2, -0.15) is 10.3 Å². The molecule has 0 aliphatic carbocycles. The summed E-state index contributed by atoms with van der Waals surface area (Å²) in [5.74, 6) is 3.15. The number of carbonyl (C=O) groups is 2. The molecule has 3 fully saturated rings. The summed E-state index contributed by atoms with van der Waals surface area (Å²) in [5.41, 5.74) is 8.36. The average molecular weight is 1020 g/mol. The lowest BCUT2D eigenvalue weighted by atomic mass is 9.97. The fourth-order valence-electron chi connectivity index (χ4n) is 11.2. The van der Waals surface area contributed by atoms with E-state index in [9.17, 15) is 14.9 Å². The second kappa shape index (κ2) is 23.8. The molecule has 19 heteroatoms. The van der Waals surface area contributed by atoms with Crippen LogP contribution in [0, 0.1) is 11.3 Å². The molecule has 5 aromatic rings. The highest BCUT2D eigenvalue weighted by molar-refractivity contribution is 5.98. The van der Waals surface area contributed by atoms with Gasteiger partial charge in [-0.1, -0.05) is 6.07 Å². The first kappa shape index (κ1) is 51.7. The number of amides is 4. The smallest absolute Gasteiger partial charge is 0.341 e. The van der Waals surface area contributed by atoms with Crippen LogP contribution in [0.5, 0.6) is 0 Å². The van der Waals surface area contributed by atoms with Crippen LogP contribution in [0.1, 0.15) is 75.0 Å². The van der Waals surface area contributed by atoms with Crippen molar-refractivity contribution < 1.29 is 19.1 Å². The molecule has 19 nitrogen and oxygen atoms in total. The van der Waals surface area contributed by atoms with Crippen LogP contribution in [-0.2, 0) is 41.9 Å². The maximum absolute atomic E-state index is 14.3. The molecule has 5 aliphatic rings. The van der Waals surface area contributed by atoms with Crippen LogP contribution in [0.4, 0.5) is 32.6 Å². The first-order chi connectivity index (χ1) is 36.7. The van der Waals surface area contributed by atoms with E-state index in [4.69, 9.17) is 29.4 Å². The molecule has 394 valence electrons. The Bertz CT molecular complexity index is 2810. The van der Waals surface area contributed by atoms with E-state index < -0.39 is 12.1 Å². The van der Waals surface area contributed by atoms with Gasteiger partial charge in [0.1, 0.15) is 11.6 Å². The molecule has 0 bridgehead atoms. The molecule has 0 saturated carbocycles. The molecule has 2 atom stereocenters. The maximum atomic E-state index is 14.3. The standard InChI is InChI=1S/C56H71N15O4/c1-5-59-55(72)71(46-16-12-43(13-17-46)52-61-49-35-65(24-8-22-57)27-20-47(49)53(64-52)68-29-31-74-37-39(68)3)70(6-2)56(73)60-44-14-10-42(11-15-44)51-62-50-36-67(28-21-48(50)54(63-51)69-30-32-75-38-40(69)4)45-18-25-66(26-19-45)34-41-9-7-23-58-33-41/h7,9-17,23,33,39-40,45H,5-6,8,18-21,24-32,34-38H2,1-4H3,(H,59,72)(H,60,73). The topological polar surface area (TPSA) is 188 Å². The lowest BCUT2D eigenvalue weighted by molar-refractivity contribution is 0.0922. The number of nitrogens with one attached hydrogen (secondary N) is 2. The number of nitriles is 1. The number of rotatable bonds is 13. The molecule has 75 heavy (non-hydrogen) atoms. The lowest BCUT2D eigenvalue weighted by Crippen LogP contribution is -2.55. The number of hydrogen-bond acceptors (Lipinski definition) is 15. The quantitative estimate of drug-likeness (QED) is 0.118. The third-order valence-electron chi connectivity index (χ3n) is 15.3. The van der Waals surface area contributed by atoms with Crippen LogP contribution in [0.2, 0.25) is 0 Å². The summed E-state index contributed by atoms with van der Waals surface area (Å²) < 4.78 is 11.7. The van der Waals surface area contributed by atoms with Crippen LogP contribution < -0.4 is 25.4 Å². The third-order valence-corrected chi connectivity index (χ3v) is 15.3. The molecule has 2 unspecified atom stereocenters. The van der Waals surface area contributed by atoms with Crippen molar-refractivity contribution in [1.29, 1.82) is 5.26 Å². The Morgan fingerprint density at radius 2 is 1.37 bits per heavy atom. The van der Waals surface area contributed by atoms with E-state index in [1.54, 1.807) is 0 Å². The van der Waals surface area contributed by atoms with Crippen molar-refractivity contribution in [3.8, 4) is 28.8 Å². The van der Waals surface area contributed by atoms with Crippen LogP contribution in [0.25, 0.3) is 22.8 Å². The number of hydrazine groups is 1. The third kappa shape index (κ3) is 11.7. The number of piperidine rings is 1. The van der Waals surface area contributed by atoms with Crippen molar-refractivity contribution in [3.05, 3.63) is 101 Å². The second-order valence-electron chi connectivity index (χ2n) is 20.3. The van der Waals surface area contributed by atoms with Gasteiger partial charge >= 0.3 is 12.1 Å². The van der Waals surface area contributed by atoms with Gasteiger partial charge < -0.3 is 29.9 Å². The van der Waals surface area contributed by atoms with Gasteiger partial charge in [0.05, 0.1) is 61.7 Å². The van der Waals surface area contributed by atoms with Crippen LogP contribution in [-0.4, -0.2) is 160 Å². The number of nitrogens with zero attached hydrogens (tertiary/aromatic N) is 13. The normalized spacial score (nSPS) is 19.7. The number of pyridine rings is 1. The van der Waals surface area contributed by atoms with Crippen molar-refractivity contribution in [1.82, 2.24) is 49.9 Å². The molecule has 3 aromatic heterocycles. The Balaban J connectivity index is 0.862. The van der Waals surface area contributed by atoms with Crippen molar-refractivity contribution in [2.45, 2.75) is 97.6 Å². The molecule has 3 saturated heterocycles. The molecule has 0 spiro atoms. The molecule has 0 radical (unpaired) electrons. The molecular formula is C56H71N15O4. The highest BCUT2D eigenvalue weighted by Crippen LogP contribution is 2.35. The monoisotopic (exact) mass is 1020 g/mol. The highest BCUT2D eigenvalue weighted by atomic mass is 16.5. The Kier molecular flexibility index (Phi) is 16.4. The Morgan fingerprint density at radius 3 is 1.96 bits per heavy atom. The number of hydrogen-bond donors (Lipinski definition) is 2. The minimum Gasteiger partial charge on any atom is -0.377 e. The Hall–Kier alpha value is -6.82. The predicted molar refractivity (Wildman–Crippen MR) is 289 cm³/mol. The fourth-order valence-corrected chi connectivity index (χ4v) is 11.2. The van der Waals surface area contributed by atoms with Gasteiger partial charge in [0, 0.05) is 118 Å². The van der Waals surface area contributed by atoms with Gasteiger partial charge in [-0.25, -0.2) is 34.5 Å². The van der Waals surface area contributed by atoms with Crippen LogP contribution >= 0.6 is 0 Å². The minimum absolute atomic E-state index is 0.149. The summed E-state index contributed by atoms with van der Waals surface area (Å²) >= 11 is 0. The zero-order chi connectivity index (χ0) is 51.8. The van der Waals surface area contributed by atoms with E-state index in [-0.39, 0.29) is 18.6 Å². The summed E-state index contributed by atoms with van der Waals surface area (Å²) in [6.07, 6.45) is 8.18. The minimum atomic E-state index is -0.472. The number of urea groups is 2. The molecule has 8 heterocycles. The number of likely N-dealkylation sites (tertiary alicyclic amines) is 1. The molecule has 5 aliphatic heterocycles. The van der Waals surface area contributed by atoms with Gasteiger partial charge in [-0.3, -0.25) is 19.7 Å². The maximum Gasteiger partial charge on any atom is 0.341 e. The number of aromatic nitrogens is 5. The van der Waals surface area contributed by atoms with Crippen molar-refractivity contribution in [2.24, 2.45) is 0 Å². The van der Waals surface area contributed by atoms with E-state index in [0.29, 0.717) is 81.5 Å². The number of anilines is 4. The van der Waals surface area contributed by atoms with E-state index in [2.05, 4.69) is 66.1 Å². The van der Waals surface area contributed by atoms with Gasteiger partial charge in [-0.05, 0) is 127 Å². The zero-order valence-corrected chi connectivity index (χ0v) is 44.0. The highest BCUT2D eigenvalue weighted by Gasteiger charge is 2.34.